The monoisotopic (exact) mass is 310 g/mol. The van der Waals surface area contributed by atoms with Gasteiger partial charge in [-0.05, 0) is 30.0 Å². The minimum absolute atomic E-state index is 0.127. The third-order valence-electron chi connectivity index (χ3n) is 4.01. The molecule has 2 atom stereocenters. The molecule has 0 saturated heterocycles. The van der Waals surface area contributed by atoms with E-state index in [0.717, 1.165) is 12.0 Å². The third-order valence-corrected chi connectivity index (χ3v) is 4.01. The number of nitrogens with two attached hydrogens (primary N) is 1. The average molecular weight is 310 g/mol. The Morgan fingerprint density at radius 3 is 3.00 bits per heavy atom. The van der Waals surface area contributed by atoms with Crippen molar-refractivity contribution in [3.05, 3.63) is 29.1 Å². The van der Waals surface area contributed by atoms with Crippen molar-refractivity contribution in [1.82, 2.24) is 5.32 Å². The molecule has 6 heteroatoms. The SMILES string of the molecule is CCC(C)C(N)C(=O)NCCc1cc(F)cc2c1OCOC2. The molecule has 0 aliphatic carbocycles. The van der Waals surface area contributed by atoms with E-state index in [-0.39, 0.29) is 24.4 Å². The first kappa shape index (κ1) is 16.7. The number of amides is 1. The molecule has 122 valence electrons. The molecule has 2 unspecified atom stereocenters. The Hall–Kier alpha value is -1.66. The van der Waals surface area contributed by atoms with E-state index < -0.39 is 6.04 Å². The summed E-state index contributed by atoms with van der Waals surface area (Å²) in [5.41, 5.74) is 7.30. The fraction of sp³-hybridized carbons (Fsp3) is 0.562. The molecule has 1 aliphatic rings. The van der Waals surface area contributed by atoms with Crippen molar-refractivity contribution in [1.29, 1.82) is 0 Å². The molecular weight excluding hydrogens is 287 g/mol. The van der Waals surface area contributed by atoms with Gasteiger partial charge < -0.3 is 20.5 Å². The quantitative estimate of drug-likeness (QED) is 0.839. The van der Waals surface area contributed by atoms with E-state index in [2.05, 4.69) is 5.32 Å². The molecule has 0 radical (unpaired) electrons. The molecule has 2 rings (SSSR count). The fourth-order valence-electron chi connectivity index (χ4n) is 2.39. The summed E-state index contributed by atoms with van der Waals surface area (Å²) in [4.78, 5) is 11.9. The van der Waals surface area contributed by atoms with Crippen molar-refractivity contribution in [3.8, 4) is 5.75 Å². The first-order valence-corrected chi connectivity index (χ1v) is 7.58. The summed E-state index contributed by atoms with van der Waals surface area (Å²) in [6, 6.07) is 2.33. The number of halogens is 1. The number of rotatable bonds is 6. The molecule has 0 aromatic heterocycles. The Labute approximate surface area is 130 Å². The van der Waals surface area contributed by atoms with Gasteiger partial charge in [0.25, 0.3) is 0 Å². The van der Waals surface area contributed by atoms with Gasteiger partial charge in [0.05, 0.1) is 12.6 Å². The van der Waals surface area contributed by atoms with Gasteiger partial charge in [-0.15, -0.1) is 0 Å². The van der Waals surface area contributed by atoms with Crippen LogP contribution in [-0.4, -0.2) is 25.3 Å². The molecular formula is C16H23FN2O3. The largest absolute Gasteiger partial charge is 0.467 e. The molecule has 22 heavy (non-hydrogen) atoms. The van der Waals surface area contributed by atoms with Crippen LogP contribution in [0, 0.1) is 11.7 Å². The average Bonchev–Trinajstić information content (AvgIpc) is 2.52. The maximum atomic E-state index is 13.6. The maximum Gasteiger partial charge on any atom is 0.237 e. The normalized spacial score (nSPS) is 16.4. The van der Waals surface area contributed by atoms with Crippen LogP contribution < -0.4 is 15.8 Å². The zero-order valence-corrected chi connectivity index (χ0v) is 13.0. The van der Waals surface area contributed by atoms with Crippen LogP contribution in [0.3, 0.4) is 0 Å². The van der Waals surface area contributed by atoms with E-state index in [1.54, 1.807) is 0 Å². The first-order valence-electron chi connectivity index (χ1n) is 7.58. The summed E-state index contributed by atoms with van der Waals surface area (Å²) in [6.45, 7) is 4.84. The second-order valence-corrected chi connectivity index (χ2v) is 5.62. The lowest BCUT2D eigenvalue weighted by molar-refractivity contribution is -0.123. The number of ether oxygens (including phenoxy) is 2. The van der Waals surface area contributed by atoms with E-state index in [0.29, 0.717) is 30.9 Å². The van der Waals surface area contributed by atoms with Gasteiger partial charge in [-0.25, -0.2) is 4.39 Å². The summed E-state index contributed by atoms with van der Waals surface area (Å²) in [5, 5.41) is 2.80. The van der Waals surface area contributed by atoms with Gasteiger partial charge in [0.1, 0.15) is 11.6 Å². The molecule has 0 spiro atoms. The zero-order valence-electron chi connectivity index (χ0n) is 13.0. The van der Waals surface area contributed by atoms with E-state index >= 15 is 0 Å². The van der Waals surface area contributed by atoms with Crippen LogP contribution in [0.1, 0.15) is 31.4 Å². The van der Waals surface area contributed by atoms with Crippen LogP contribution in [0.25, 0.3) is 0 Å². The summed E-state index contributed by atoms with van der Waals surface area (Å²) in [6.07, 6.45) is 1.33. The van der Waals surface area contributed by atoms with Gasteiger partial charge in [0.2, 0.25) is 5.91 Å². The van der Waals surface area contributed by atoms with Crippen LogP contribution in [0.2, 0.25) is 0 Å². The zero-order chi connectivity index (χ0) is 16.1. The van der Waals surface area contributed by atoms with Gasteiger partial charge in [-0.2, -0.15) is 0 Å². The molecule has 3 N–H and O–H groups in total. The minimum atomic E-state index is -0.518. The molecule has 1 aromatic carbocycles. The van der Waals surface area contributed by atoms with Crippen molar-refractivity contribution in [2.75, 3.05) is 13.3 Å². The van der Waals surface area contributed by atoms with Gasteiger partial charge >= 0.3 is 0 Å². The second-order valence-electron chi connectivity index (χ2n) is 5.62. The highest BCUT2D eigenvalue weighted by atomic mass is 19.1. The Morgan fingerprint density at radius 2 is 2.27 bits per heavy atom. The van der Waals surface area contributed by atoms with Gasteiger partial charge in [-0.1, -0.05) is 20.3 Å². The molecule has 1 amide bonds. The standard InChI is InChI=1S/C16H23FN2O3/c1-3-10(2)14(18)16(20)19-5-4-11-6-13(17)7-12-8-21-9-22-15(11)12/h6-7,10,14H,3-5,8-9,18H2,1-2H3,(H,19,20). The number of benzene rings is 1. The summed E-state index contributed by atoms with van der Waals surface area (Å²) < 4.78 is 24.2. The number of carbonyl (C=O) groups is 1. The summed E-state index contributed by atoms with van der Waals surface area (Å²) in [7, 11) is 0. The number of nitrogens with one attached hydrogen (secondary N) is 1. The fourth-order valence-corrected chi connectivity index (χ4v) is 2.39. The highest BCUT2D eigenvalue weighted by molar-refractivity contribution is 5.81. The molecule has 0 saturated carbocycles. The Balaban J connectivity index is 1.95. The van der Waals surface area contributed by atoms with Crippen LogP contribution in [0.4, 0.5) is 4.39 Å². The van der Waals surface area contributed by atoms with Gasteiger partial charge in [0.15, 0.2) is 6.79 Å². The molecule has 1 heterocycles. The van der Waals surface area contributed by atoms with Crippen LogP contribution in [-0.2, 0) is 22.6 Å². The first-order chi connectivity index (χ1) is 10.5. The van der Waals surface area contributed by atoms with E-state index in [9.17, 15) is 9.18 Å². The van der Waals surface area contributed by atoms with E-state index in [1.807, 2.05) is 13.8 Å². The van der Waals surface area contributed by atoms with Gasteiger partial charge in [-0.3, -0.25) is 4.79 Å². The van der Waals surface area contributed by atoms with Crippen LogP contribution in [0.5, 0.6) is 5.75 Å². The van der Waals surface area contributed by atoms with Crippen LogP contribution in [0.15, 0.2) is 12.1 Å². The van der Waals surface area contributed by atoms with Gasteiger partial charge in [0, 0.05) is 12.1 Å². The minimum Gasteiger partial charge on any atom is -0.467 e. The lowest BCUT2D eigenvalue weighted by Gasteiger charge is -2.21. The number of fused-ring (bicyclic) bond motifs is 1. The summed E-state index contributed by atoms with van der Waals surface area (Å²) >= 11 is 0. The Morgan fingerprint density at radius 1 is 1.50 bits per heavy atom. The summed E-state index contributed by atoms with van der Waals surface area (Å²) in [5.74, 6) is 0.282. The predicted molar refractivity (Wildman–Crippen MR) is 80.8 cm³/mol. The Bertz CT molecular complexity index is 536. The molecule has 1 aromatic rings. The van der Waals surface area contributed by atoms with Crippen molar-refractivity contribution < 1.29 is 18.7 Å². The highest BCUT2D eigenvalue weighted by Crippen LogP contribution is 2.29. The number of hydrogen-bond donors (Lipinski definition) is 2. The van der Waals surface area contributed by atoms with Crippen molar-refractivity contribution in [2.45, 2.75) is 39.3 Å². The molecule has 5 nitrogen and oxygen atoms in total. The second kappa shape index (κ2) is 7.56. The van der Waals surface area contributed by atoms with Crippen LogP contribution >= 0.6 is 0 Å². The molecule has 0 fully saturated rings. The highest BCUT2D eigenvalue weighted by Gasteiger charge is 2.20. The predicted octanol–water partition coefficient (Wildman–Crippen LogP) is 1.72. The van der Waals surface area contributed by atoms with Crippen molar-refractivity contribution in [3.63, 3.8) is 0 Å². The smallest absolute Gasteiger partial charge is 0.237 e. The number of carbonyl (C=O) groups excluding carboxylic acids is 1. The number of hydrogen-bond acceptors (Lipinski definition) is 4. The van der Waals surface area contributed by atoms with Crippen molar-refractivity contribution >= 4 is 5.91 Å². The Kier molecular flexibility index (Phi) is 5.74. The third kappa shape index (κ3) is 3.96. The topological polar surface area (TPSA) is 73.6 Å². The maximum absolute atomic E-state index is 13.6. The van der Waals surface area contributed by atoms with Crippen molar-refractivity contribution in [2.24, 2.45) is 11.7 Å². The molecule has 1 aliphatic heterocycles. The lowest BCUT2D eigenvalue weighted by Crippen LogP contribution is -2.45. The molecule has 0 bridgehead atoms. The van der Waals surface area contributed by atoms with E-state index in [1.165, 1.54) is 12.1 Å². The van der Waals surface area contributed by atoms with E-state index in [4.69, 9.17) is 15.2 Å². The lowest BCUT2D eigenvalue weighted by atomic mass is 9.99.